The minimum atomic E-state index is 0.172. The zero-order valence-corrected chi connectivity index (χ0v) is 8.66. The number of hydrogen-bond acceptors (Lipinski definition) is 2. The fraction of sp³-hybridized carbons (Fsp3) is 0.500. The van der Waals surface area contributed by atoms with Gasteiger partial charge in [-0.1, -0.05) is 25.0 Å². The number of benzene rings is 1. The third kappa shape index (κ3) is 2.07. The number of aryl methyl sites for hydroxylation is 1. The Morgan fingerprint density at radius 2 is 2.14 bits per heavy atom. The first-order chi connectivity index (χ1) is 6.66. The van der Waals surface area contributed by atoms with Gasteiger partial charge in [0.05, 0.1) is 0 Å². The quantitative estimate of drug-likeness (QED) is 0.719. The van der Waals surface area contributed by atoms with E-state index in [4.69, 9.17) is 11.5 Å². The van der Waals surface area contributed by atoms with Gasteiger partial charge in [0.1, 0.15) is 0 Å². The Balaban J connectivity index is 2.10. The molecule has 2 nitrogen and oxygen atoms in total. The van der Waals surface area contributed by atoms with Gasteiger partial charge in [-0.25, -0.2) is 0 Å². The first-order valence-corrected chi connectivity index (χ1v) is 5.28. The predicted octanol–water partition coefficient (Wildman–Crippen LogP) is 2.38. The van der Waals surface area contributed by atoms with E-state index in [9.17, 15) is 0 Å². The van der Waals surface area contributed by atoms with E-state index in [0.29, 0.717) is 0 Å². The van der Waals surface area contributed by atoms with Crippen LogP contribution < -0.4 is 11.5 Å². The van der Waals surface area contributed by atoms with Crippen LogP contribution in [-0.2, 0) is 0 Å². The van der Waals surface area contributed by atoms with E-state index < -0.39 is 0 Å². The Morgan fingerprint density at radius 1 is 1.43 bits per heavy atom. The lowest BCUT2D eigenvalue weighted by Crippen LogP contribution is -2.11. The molecule has 1 aliphatic carbocycles. The lowest BCUT2D eigenvalue weighted by molar-refractivity contribution is 0.597. The number of nitrogen functional groups attached to an aromatic ring is 1. The van der Waals surface area contributed by atoms with Crippen LogP contribution in [-0.4, -0.2) is 0 Å². The second-order valence-electron chi connectivity index (χ2n) is 4.40. The molecule has 1 saturated carbocycles. The smallest absolute Gasteiger partial charge is 0.0347 e. The summed E-state index contributed by atoms with van der Waals surface area (Å²) < 4.78 is 0. The Hall–Kier alpha value is -1.02. The van der Waals surface area contributed by atoms with Gasteiger partial charge in [-0.2, -0.15) is 0 Å². The van der Waals surface area contributed by atoms with E-state index in [1.165, 1.54) is 18.4 Å². The molecule has 0 amide bonds. The Bertz CT molecular complexity index is 329. The van der Waals surface area contributed by atoms with Crippen LogP contribution in [0.25, 0.3) is 0 Å². The summed E-state index contributed by atoms with van der Waals surface area (Å²) in [4.78, 5) is 0. The maximum atomic E-state index is 6.10. The van der Waals surface area contributed by atoms with Crippen LogP contribution in [0, 0.1) is 12.8 Å². The van der Waals surface area contributed by atoms with Crippen LogP contribution >= 0.6 is 0 Å². The maximum absolute atomic E-state index is 6.10. The van der Waals surface area contributed by atoms with Crippen LogP contribution in [0.2, 0.25) is 0 Å². The molecule has 0 heterocycles. The van der Waals surface area contributed by atoms with Crippen LogP contribution in [0.3, 0.4) is 0 Å². The molecule has 0 saturated heterocycles. The summed E-state index contributed by atoms with van der Waals surface area (Å²) in [6.45, 7) is 2.02. The van der Waals surface area contributed by atoms with Gasteiger partial charge in [-0.15, -0.1) is 0 Å². The standard InChI is InChI=1S/C12H18N2/c1-8-2-5-10(7-11(8)13)12(14)6-9-3-4-9/h2,5,7,9,12H,3-4,6,13-14H2,1H3. The molecule has 0 bridgehead atoms. The molecule has 2 rings (SSSR count). The molecule has 1 aromatic rings. The van der Waals surface area contributed by atoms with Crippen molar-refractivity contribution in [1.82, 2.24) is 0 Å². The van der Waals surface area contributed by atoms with Crippen molar-refractivity contribution in [3.05, 3.63) is 29.3 Å². The first kappa shape index (κ1) is 9.53. The van der Waals surface area contributed by atoms with E-state index in [1.807, 2.05) is 13.0 Å². The normalized spacial score (nSPS) is 18.1. The highest BCUT2D eigenvalue weighted by atomic mass is 14.6. The number of anilines is 1. The zero-order valence-electron chi connectivity index (χ0n) is 8.66. The van der Waals surface area contributed by atoms with Crippen molar-refractivity contribution < 1.29 is 0 Å². The monoisotopic (exact) mass is 190 g/mol. The van der Waals surface area contributed by atoms with E-state index in [-0.39, 0.29) is 6.04 Å². The molecule has 1 atom stereocenters. The van der Waals surface area contributed by atoms with Crippen molar-refractivity contribution in [3.63, 3.8) is 0 Å². The van der Waals surface area contributed by atoms with Crippen LogP contribution in [0.1, 0.15) is 36.4 Å². The summed E-state index contributed by atoms with van der Waals surface area (Å²) in [6, 6.07) is 6.34. The summed E-state index contributed by atoms with van der Waals surface area (Å²) in [5.41, 5.74) is 15.1. The van der Waals surface area contributed by atoms with Gasteiger partial charge in [-0.05, 0) is 36.5 Å². The van der Waals surface area contributed by atoms with Gasteiger partial charge >= 0.3 is 0 Å². The second kappa shape index (κ2) is 3.62. The average Bonchev–Trinajstić information content (AvgIpc) is 2.93. The molecule has 0 aromatic heterocycles. The van der Waals surface area contributed by atoms with Crippen molar-refractivity contribution in [2.75, 3.05) is 5.73 Å². The minimum absolute atomic E-state index is 0.172. The van der Waals surface area contributed by atoms with Crippen molar-refractivity contribution in [3.8, 4) is 0 Å². The van der Waals surface area contributed by atoms with E-state index in [2.05, 4.69) is 12.1 Å². The molecule has 0 spiro atoms. The molecular formula is C12H18N2. The van der Waals surface area contributed by atoms with Gasteiger partial charge in [0.15, 0.2) is 0 Å². The average molecular weight is 190 g/mol. The summed E-state index contributed by atoms with van der Waals surface area (Å²) in [7, 11) is 0. The largest absolute Gasteiger partial charge is 0.399 e. The Morgan fingerprint density at radius 3 is 2.71 bits per heavy atom. The highest BCUT2D eigenvalue weighted by molar-refractivity contribution is 5.48. The molecule has 14 heavy (non-hydrogen) atoms. The molecule has 1 aromatic carbocycles. The molecule has 1 unspecified atom stereocenters. The van der Waals surface area contributed by atoms with Gasteiger partial charge in [-0.3, -0.25) is 0 Å². The van der Waals surface area contributed by atoms with E-state index in [0.717, 1.165) is 23.6 Å². The van der Waals surface area contributed by atoms with Crippen molar-refractivity contribution >= 4 is 5.69 Å². The summed E-state index contributed by atoms with van der Waals surface area (Å²) >= 11 is 0. The molecule has 4 N–H and O–H groups in total. The zero-order chi connectivity index (χ0) is 10.1. The van der Waals surface area contributed by atoms with Crippen molar-refractivity contribution in [1.29, 1.82) is 0 Å². The van der Waals surface area contributed by atoms with E-state index >= 15 is 0 Å². The van der Waals surface area contributed by atoms with Gasteiger partial charge in [0.25, 0.3) is 0 Å². The van der Waals surface area contributed by atoms with Crippen LogP contribution in [0.15, 0.2) is 18.2 Å². The lowest BCUT2D eigenvalue weighted by atomic mass is 10.00. The number of hydrogen-bond donors (Lipinski definition) is 2. The maximum Gasteiger partial charge on any atom is 0.0347 e. The second-order valence-corrected chi connectivity index (χ2v) is 4.40. The van der Waals surface area contributed by atoms with Crippen LogP contribution in [0.5, 0.6) is 0 Å². The predicted molar refractivity (Wildman–Crippen MR) is 59.9 cm³/mol. The topological polar surface area (TPSA) is 52.0 Å². The van der Waals surface area contributed by atoms with Crippen molar-refractivity contribution in [2.24, 2.45) is 11.7 Å². The summed E-state index contributed by atoms with van der Waals surface area (Å²) in [6.07, 6.45) is 3.83. The third-order valence-electron chi connectivity index (χ3n) is 3.02. The van der Waals surface area contributed by atoms with Gasteiger partial charge in [0.2, 0.25) is 0 Å². The minimum Gasteiger partial charge on any atom is -0.399 e. The summed E-state index contributed by atoms with van der Waals surface area (Å²) in [5, 5.41) is 0. The van der Waals surface area contributed by atoms with Crippen molar-refractivity contribution in [2.45, 2.75) is 32.2 Å². The highest BCUT2D eigenvalue weighted by Gasteiger charge is 2.24. The SMILES string of the molecule is Cc1ccc(C(N)CC2CC2)cc1N. The van der Waals surface area contributed by atoms with Crippen LogP contribution in [0.4, 0.5) is 5.69 Å². The molecule has 76 valence electrons. The van der Waals surface area contributed by atoms with E-state index in [1.54, 1.807) is 0 Å². The molecular weight excluding hydrogens is 172 g/mol. The molecule has 2 heteroatoms. The molecule has 1 fully saturated rings. The Labute approximate surface area is 85.3 Å². The summed E-state index contributed by atoms with van der Waals surface area (Å²) in [5.74, 6) is 0.868. The number of nitrogens with two attached hydrogens (primary N) is 2. The highest BCUT2D eigenvalue weighted by Crippen LogP contribution is 2.37. The van der Waals surface area contributed by atoms with Gasteiger partial charge in [0, 0.05) is 11.7 Å². The fourth-order valence-electron chi connectivity index (χ4n) is 1.74. The first-order valence-electron chi connectivity index (χ1n) is 5.28. The number of rotatable bonds is 3. The molecule has 0 aliphatic heterocycles. The molecule has 0 radical (unpaired) electrons. The third-order valence-corrected chi connectivity index (χ3v) is 3.02. The fourth-order valence-corrected chi connectivity index (χ4v) is 1.74. The molecule has 1 aliphatic rings. The van der Waals surface area contributed by atoms with Gasteiger partial charge < -0.3 is 11.5 Å². The Kier molecular flexibility index (Phi) is 2.46. The lowest BCUT2D eigenvalue weighted by Gasteiger charge is -2.12.